The molecular weight excluding hydrogens is 140 g/mol. The van der Waals surface area contributed by atoms with E-state index in [1.165, 1.54) is 12.8 Å². The molecule has 0 amide bonds. The van der Waals surface area contributed by atoms with Crippen LogP contribution in [-0.2, 0) is 4.74 Å². The Kier molecular flexibility index (Phi) is 3.34. The second kappa shape index (κ2) is 4.07. The van der Waals surface area contributed by atoms with Crippen molar-refractivity contribution in [1.82, 2.24) is 0 Å². The average Bonchev–Trinajstić information content (AvgIpc) is 2.15. The Bertz CT molecular complexity index is 104. The van der Waals surface area contributed by atoms with Crippen molar-refractivity contribution < 1.29 is 9.84 Å². The summed E-state index contributed by atoms with van der Waals surface area (Å²) in [6, 6.07) is 0. The molecule has 66 valence electrons. The largest absolute Gasteiger partial charge is 0.365 e. The van der Waals surface area contributed by atoms with Crippen molar-refractivity contribution in [2.45, 2.75) is 51.2 Å². The first-order chi connectivity index (χ1) is 5.27. The van der Waals surface area contributed by atoms with E-state index >= 15 is 0 Å². The second-order valence-corrected chi connectivity index (χ2v) is 3.29. The predicted octanol–water partition coefficient (Wildman–Crippen LogP) is 2.07. The summed E-state index contributed by atoms with van der Waals surface area (Å²) in [5.74, 6) is -0.786. The molecule has 0 aromatic rings. The topological polar surface area (TPSA) is 29.5 Å². The second-order valence-electron chi connectivity index (χ2n) is 3.29. The molecule has 2 heteroatoms. The maximum absolute atomic E-state index is 9.83. The highest BCUT2D eigenvalue weighted by atomic mass is 16.6. The van der Waals surface area contributed by atoms with Crippen molar-refractivity contribution in [3.05, 3.63) is 0 Å². The molecule has 0 aliphatic heterocycles. The molecule has 1 rings (SSSR count). The van der Waals surface area contributed by atoms with E-state index in [0.717, 1.165) is 25.7 Å². The maximum Gasteiger partial charge on any atom is 0.165 e. The van der Waals surface area contributed by atoms with Gasteiger partial charge >= 0.3 is 0 Å². The monoisotopic (exact) mass is 158 g/mol. The molecule has 0 heterocycles. The Morgan fingerprint density at radius 1 is 1.18 bits per heavy atom. The molecule has 0 saturated heterocycles. The van der Waals surface area contributed by atoms with Gasteiger partial charge < -0.3 is 9.84 Å². The molecule has 0 aromatic heterocycles. The summed E-state index contributed by atoms with van der Waals surface area (Å²) in [6.45, 7) is 2.55. The van der Waals surface area contributed by atoms with Crippen LogP contribution in [0.3, 0.4) is 0 Å². The Balaban J connectivity index is 2.38. The van der Waals surface area contributed by atoms with Crippen molar-refractivity contribution in [2.75, 3.05) is 6.61 Å². The first-order valence-corrected chi connectivity index (χ1v) is 4.63. The molecule has 0 bridgehead atoms. The summed E-state index contributed by atoms with van der Waals surface area (Å²) in [5.41, 5.74) is 0. The van der Waals surface area contributed by atoms with Crippen LogP contribution in [0.4, 0.5) is 0 Å². The molecule has 1 saturated carbocycles. The molecule has 0 unspecified atom stereocenters. The number of rotatable bonds is 2. The number of ether oxygens (including phenoxy) is 1. The zero-order chi connectivity index (χ0) is 8.16. The van der Waals surface area contributed by atoms with E-state index in [0.29, 0.717) is 6.61 Å². The van der Waals surface area contributed by atoms with E-state index in [9.17, 15) is 5.11 Å². The molecule has 1 fully saturated rings. The highest BCUT2D eigenvalue weighted by Crippen LogP contribution is 2.27. The van der Waals surface area contributed by atoms with Crippen LogP contribution in [0, 0.1) is 0 Å². The van der Waals surface area contributed by atoms with Gasteiger partial charge in [0.2, 0.25) is 0 Å². The van der Waals surface area contributed by atoms with E-state index in [1.807, 2.05) is 6.92 Å². The first kappa shape index (κ1) is 9.01. The van der Waals surface area contributed by atoms with Gasteiger partial charge in [-0.25, -0.2) is 0 Å². The Morgan fingerprint density at radius 2 is 1.73 bits per heavy atom. The van der Waals surface area contributed by atoms with E-state index in [1.54, 1.807) is 0 Å². The number of hydrogen-bond donors (Lipinski definition) is 1. The standard InChI is InChI=1S/C9H18O2/c1-2-11-9(10)7-5-3-4-6-8-9/h10H,2-8H2,1H3. The molecule has 1 aliphatic carbocycles. The molecule has 0 aromatic carbocycles. The molecule has 1 N–H and O–H groups in total. The van der Waals surface area contributed by atoms with Crippen LogP contribution in [-0.4, -0.2) is 17.5 Å². The quantitative estimate of drug-likeness (QED) is 0.492. The molecule has 11 heavy (non-hydrogen) atoms. The summed E-state index contributed by atoms with van der Waals surface area (Å²) in [6.07, 6.45) is 6.35. The van der Waals surface area contributed by atoms with Crippen LogP contribution >= 0.6 is 0 Å². The van der Waals surface area contributed by atoms with Crippen LogP contribution < -0.4 is 0 Å². The minimum absolute atomic E-state index is 0.622. The van der Waals surface area contributed by atoms with Gasteiger partial charge in [-0.05, 0) is 19.8 Å². The summed E-state index contributed by atoms with van der Waals surface area (Å²) in [7, 11) is 0. The van der Waals surface area contributed by atoms with Gasteiger partial charge in [0, 0.05) is 19.4 Å². The number of aliphatic hydroxyl groups is 1. The zero-order valence-corrected chi connectivity index (χ0v) is 7.31. The van der Waals surface area contributed by atoms with Crippen LogP contribution in [0.5, 0.6) is 0 Å². The molecule has 0 radical (unpaired) electrons. The van der Waals surface area contributed by atoms with Crippen LogP contribution in [0.25, 0.3) is 0 Å². The van der Waals surface area contributed by atoms with E-state index in [-0.39, 0.29) is 0 Å². The van der Waals surface area contributed by atoms with Crippen molar-refractivity contribution in [2.24, 2.45) is 0 Å². The third kappa shape index (κ3) is 2.80. The Labute approximate surface area is 68.6 Å². The lowest BCUT2D eigenvalue weighted by molar-refractivity contribution is -0.207. The first-order valence-electron chi connectivity index (χ1n) is 4.63. The lowest BCUT2D eigenvalue weighted by Crippen LogP contribution is -2.31. The summed E-state index contributed by atoms with van der Waals surface area (Å²) in [4.78, 5) is 0. The minimum Gasteiger partial charge on any atom is -0.365 e. The highest BCUT2D eigenvalue weighted by molar-refractivity contribution is 4.70. The van der Waals surface area contributed by atoms with Crippen molar-refractivity contribution >= 4 is 0 Å². The van der Waals surface area contributed by atoms with Crippen molar-refractivity contribution in [3.63, 3.8) is 0 Å². The predicted molar refractivity (Wildman–Crippen MR) is 44.3 cm³/mol. The van der Waals surface area contributed by atoms with Gasteiger partial charge in [0.15, 0.2) is 5.79 Å². The van der Waals surface area contributed by atoms with Gasteiger partial charge in [0.05, 0.1) is 0 Å². The maximum atomic E-state index is 9.83. The number of hydrogen-bond acceptors (Lipinski definition) is 2. The lowest BCUT2D eigenvalue weighted by atomic mass is 10.1. The third-order valence-electron chi connectivity index (χ3n) is 2.30. The Hall–Kier alpha value is -0.0800. The lowest BCUT2D eigenvalue weighted by Gasteiger charge is -2.25. The molecular formula is C9H18O2. The van der Waals surface area contributed by atoms with Crippen LogP contribution in [0.2, 0.25) is 0 Å². The molecule has 0 atom stereocenters. The average molecular weight is 158 g/mol. The SMILES string of the molecule is CCOC1(O)CCCCCC1. The summed E-state index contributed by atoms with van der Waals surface area (Å²) < 4.78 is 5.31. The fourth-order valence-electron chi connectivity index (χ4n) is 1.69. The van der Waals surface area contributed by atoms with Gasteiger partial charge in [-0.15, -0.1) is 0 Å². The highest BCUT2D eigenvalue weighted by Gasteiger charge is 2.27. The van der Waals surface area contributed by atoms with Gasteiger partial charge in [-0.3, -0.25) is 0 Å². The molecule has 2 nitrogen and oxygen atoms in total. The van der Waals surface area contributed by atoms with E-state index < -0.39 is 5.79 Å². The summed E-state index contributed by atoms with van der Waals surface area (Å²) >= 11 is 0. The van der Waals surface area contributed by atoms with Crippen LogP contribution in [0.15, 0.2) is 0 Å². The van der Waals surface area contributed by atoms with Crippen molar-refractivity contribution in [3.8, 4) is 0 Å². The molecule has 0 spiro atoms. The summed E-state index contributed by atoms with van der Waals surface area (Å²) in [5, 5.41) is 9.83. The molecule has 1 aliphatic rings. The van der Waals surface area contributed by atoms with Gasteiger partial charge in [0.1, 0.15) is 0 Å². The zero-order valence-electron chi connectivity index (χ0n) is 7.31. The van der Waals surface area contributed by atoms with Gasteiger partial charge in [-0.2, -0.15) is 0 Å². The van der Waals surface area contributed by atoms with Gasteiger partial charge in [0.25, 0.3) is 0 Å². The van der Waals surface area contributed by atoms with Crippen LogP contribution in [0.1, 0.15) is 45.4 Å². The Morgan fingerprint density at radius 3 is 2.18 bits per heavy atom. The van der Waals surface area contributed by atoms with Gasteiger partial charge in [-0.1, -0.05) is 12.8 Å². The van der Waals surface area contributed by atoms with E-state index in [2.05, 4.69) is 0 Å². The normalized spacial score (nSPS) is 24.5. The fraction of sp³-hybridized carbons (Fsp3) is 1.00. The fourth-order valence-corrected chi connectivity index (χ4v) is 1.69. The third-order valence-corrected chi connectivity index (χ3v) is 2.30. The minimum atomic E-state index is -0.786. The smallest absolute Gasteiger partial charge is 0.165 e. The van der Waals surface area contributed by atoms with E-state index in [4.69, 9.17) is 4.74 Å². The van der Waals surface area contributed by atoms with Crippen molar-refractivity contribution in [1.29, 1.82) is 0 Å².